The maximum Gasteiger partial charge on any atom is 0.466 e. The van der Waals surface area contributed by atoms with E-state index >= 15 is 0 Å². The van der Waals surface area contributed by atoms with E-state index in [1.165, 1.54) is 0 Å². The first-order chi connectivity index (χ1) is 5.39. The van der Waals surface area contributed by atoms with Gasteiger partial charge < -0.3 is 38.2 Å². The van der Waals surface area contributed by atoms with Crippen LogP contribution in [-0.4, -0.2) is 19.8 Å². The molecule has 13 N–H and O–H groups in total. The molecule has 92 valence electrons. The first-order valence-corrected chi connectivity index (χ1v) is 4.48. The number of rotatable bonds is 0. The van der Waals surface area contributed by atoms with Gasteiger partial charge in [0.25, 0.3) is 0 Å². The van der Waals surface area contributed by atoms with Crippen molar-refractivity contribution in [3.8, 4) is 5.75 Å². The van der Waals surface area contributed by atoms with Gasteiger partial charge in [0, 0.05) is 0 Å². The summed E-state index contributed by atoms with van der Waals surface area (Å²) < 4.78 is 8.88. The SMILES string of the molecule is N.N.N.O=P(O)(O)O.Oc1ccccc1. The summed E-state index contributed by atoms with van der Waals surface area (Å²) in [5.74, 6) is 0.322. The van der Waals surface area contributed by atoms with Crippen molar-refractivity contribution < 1.29 is 24.4 Å². The number of phosphoric acid groups is 1. The zero-order valence-corrected chi connectivity index (χ0v) is 9.05. The number of para-hydroxylation sites is 1. The molecule has 0 fully saturated rings. The van der Waals surface area contributed by atoms with Crippen LogP contribution < -0.4 is 18.5 Å². The molecule has 15 heavy (non-hydrogen) atoms. The second-order valence-electron chi connectivity index (χ2n) is 1.85. The van der Waals surface area contributed by atoms with Gasteiger partial charge in [-0.3, -0.25) is 0 Å². The molecule has 1 aromatic carbocycles. The van der Waals surface area contributed by atoms with Crippen LogP contribution in [0.15, 0.2) is 30.3 Å². The molecular weight excluding hydrogens is 225 g/mol. The zero-order valence-electron chi connectivity index (χ0n) is 8.15. The van der Waals surface area contributed by atoms with Gasteiger partial charge in [0.2, 0.25) is 0 Å². The van der Waals surface area contributed by atoms with E-state index in [0.29, 0.717) is 5.75 Å². The number of phenols is 1. The predicted molar refractivity (Wildman–Crippen MR) is 57.4 cm³/mol. The fourth-order valence-electron chi connectivity index (χ4n) is 0.428. The summed E-state index contributed by atoms with van der Waals surface area (Å²) >= 11 is 0. The fourth-order valence-corrected chi connectivity index (χ4v) is 0.428. The Morgan fingerprint density at radius 3 is 1.27 bits per heavy atom. The molecule has 0 amide bonds. The Kier molecular flexibility index (Phi) is 17.5. The molecular formula is C6H18N3O5P. The summed E-state index contributed by atoms with van der Waals surface area (Å²) in [6.07, 6.45) is 0. The smallest absolute Gasteiger partial charge is 0.466 e. The van der Waals surface area contributed by atoms with Gasteiger partial charge in [-0.1, -0.05) is 18.2 Å². The Hall–Kier alpha value is -0.990. The minimum absolute atomic E-state index is 0. The predicted octanol–water partition coefficient (Wildman–Crippen LogP) is 0.950. The van der Waals surface area contributed by atoms with Crippen molar-refractivity contribution >= 4 is 7.82 Å². The lowest BCUT2D eigenvalue weighted by molar-refractivity contribution is 0.275. The van der Waals surface area contributed by atoms with Crippen molar-refractivity contribution in [1.82, 2.24) is 18.5 Å². The van der Waals surface area contributed by atoms with Gasteiger partial charge >= 0.3 is 7.82 Å². The molecule has 0 unspecified atom stereocenters. The summed E-state index contributed by atoms with van der Waals surface area (Å²) in [4.78, 5) is 21.6. The Morgan fingerprint density at radius 2 is 1.13 bits per heavy atom. The number of phenolic OH excluding ortho intramolecular Hbond substituents is 1. The molecule has 0 heterocycles. The van der Waals surface area contributed by atoms with Crippen molar-refractivity contribution in [3.05, 3.63) is 30.3 Å². The molecule has 0 aromatic heterocycles. The van der Waals surface area contributed by atoms with Crippen LogP contribution in [0.3, 0.4) is 0 Å². The van der Waals surface area contributed by atoms with Crippen LogP contribution in [-0.2, 0) is 4.57 Å². The third-order valence-corrected chi connectivity index (χ3v) is 0.756. The van der Waals surface area contributed by atoms with Crippen molar-refractivity contribution in [2.45, 2.75) is 0 Å². The highest BCUT2D eigenvalue weighted by atomic mass is 31.2. The van der Waals surface area contributed by atoms with E-state index in [9.17, 15) is 0 Å². The molecule has 0 radical (unpaired) electrons. The van der Waals surface area contributed by atoms with Crippen LogP contribution in [0.1, 0.15) is 0 Å². The van der Waals surface area contributed by atoms with Gasteiger partial charge in [-0.25, -0.2) is 4.57 Å². The maximum atomic E-state index is 8.88. The molecule has 0 saturated carbocycles. The normalized spacial score (nSPS) is 7.93. The van der Waals surface area contributed by atoms with E-state index in [2.05, 4.69) is 0 Å². The molecule has 8 nitrogen and oxygen atoms in total. The molecule has 0 aliphatic heterocycles. The highest BCUT2D eigenvalue weighted by Crippen LogP contribution is 2.25. The first kappa shape index (κ1) is 23.7. The van der Waals surface area contributed by atoms with Gasteiger partial charge in [0.05, 0.1) is 0 Å². The van der Waals surface area contributed by atoms with Gasteiger partial charge in [-0.05, 0) is 12.1 Å². The Morgan fingerprint density at radius 1 is 0.867 bits per heavy atom. The molecule has 1 aromatic rings. The molecule has 0 spiro atoms. The Labute approximate surface area is 87.6 Å². The van der Waals surface area contributed by atoms with Gasteiger partial charge in [-0.15, -0.1) is 0 Å². The standard InChI is InChI=1S/C6H6O.3H3N.H3O4P/c7-6-4-2-1-3-5-6;;;;1-5(2,3)4/h1-5,7H;3*1H3;(H3,1,2,3,4). The van der Waals surface area contributed by atoms with Crippen molar-refractivity contribution in [1.29, 1.82) is 0 Å². The van der Waals surface area contributed by atoms with E-state index in [4.69, 9.17) is 24.4 Å². The van der Waals surface area contributed by atoms with Crippen LogP contribution >= 0.6 is 7.82 Å². The van der Waals surface area contributed by atoms with Crippen LogP contribution in [0.25, 0.3) is 0 Å². The number of benzene rings is 1. The number of hydrogen-bond donors (Lipinski definition) is 7. The zero-order chi connectivity index (χ0) is 9.61. The first-order valence-electron chi connectivity index (χ1n) is 2.92. The number of aromatic hydroxyl groups is 1. The van der Waals surface area contributed by atoms with E-state index in [-0.39, 0.29) is 18.5 Å². The molecule has 9 heteroatoms. The van der Waals surface area contributed by atoms with Crippen LogP contribution in [0, 0.1) is 0 Å². The summed E-state index contributed by atoms with van der Waals surface area (Å²) in [6.45, 7) is 0. The van der Waals surface area contributed by atoms with Gasteiger partial charge in [0.1, 0.15) is 5.75 Å². The monoisotopic (exact) mass is 243 g/mol. The largest absolute Gasteiger partial charge is 0.508 e. The van der Waals surface area contributed by atoms with Gasteiger partial charge in [-0.2, -0.15) is 0 Å². The summed E-state index contributed by atoms with van der Waals surface area (Å²) in [6, 6.07) is 8.71. The lowest BCUT2D eigenvalue weighted by Crippen LogP contribution is -1.66. The van der Waals surface area contributed by atoms with Crippen LogP contribution in [0.5, 0.6) is 5.75 Å². The van der Waals surface area contributed by atoms with Crippen LogP contribution in [0.4, 0.5) is 0 Å². The highest BCUT2D eigenvalue weighted by Gasteiger charge is 2.00. The lowest BCUT2D eigenvalue weighted by Gasteiger charge is -1.82. The summed E-state index contributed by atoms with van der Waals surface area (Å²) in [5.41, 5.74) is 0. The second kappa shape index (κ2) is 11.1. The maximum absolute atomic E-state index is 8.88. The average Bonchev–Trinajstić information content (AvgIpc) is 1.85. The third kappa shape index (κ3) is 32.1. The number of hydrogen-bond acceptors (Lipinski definition) is 5. The molecule has 1 rings (SSSR count). The van der Waals surface area contributed by atoms with Crippen molar-refractivity contribution in [2.24, 2.45) is 0 Å². The van der Waals surface area contributed by atoms with Crippen LogP contribution in [0.2, 0.25) is 0 Å². The molecule has 0 aliphatic carbocycles. The topological polar surface area (TPSA) is 203 Å². The minimum Gasteiger partial charge on any atom is -0.508 e. The lowest BCUT2D eigenvalue weighted by atomic mass is 10.3. The fraction of sp³-hybridized carbons (Fsp3) is 0. The van der Waals surface area contributed by atoms with Crippen molar-refractivity contribution in [2.75, 3.05) is 0 Å². The second-order valence-corrected chi connectivity index (χ2v) is 2.88. The highest BCUT2D eigenvalue weighted by molar-refractivity contribution is 7.45. The summed E-state index contributed by atoms with van der Waals surface area (Å²) in [5, 5.41) is 8.63. The Balaban J connectivity index is -0.0000000701. The average molecular weight is 243 g/mol. The van der Waals surface area contributed by atoms with E-state index < -0.39 is 7.82 Å². The van der Waals surface area contributed by atoms with Gasteiger partial charge in [0.15, 0.2) is 0 Å². The molecule has 0 aliphatic rings. The minimum atomic E-state index is -4.64. The molecule has 0 atom stereocenters. The molecule has 0 bridgehead atoms. The van der Waals surface area contributed by atoms with E-state index in [1.807, 2.05) is 6.07 Å². The Bertz CT molecular complexity index is 256. The van der Waals surface area contributed by atoms with E-state index in [1.54, 1.807) is 24.3 Å². The summed E-state index contributed by atoms with van der Waals surface area (Å²) in [7, 11) is -4.64. The third-order valence-electron chi connectivity index (χ3n) is 0.756. The molecule has 0 saturated heterocycles. The van der Waals surface area contributed by atoms with E-state index in [0.717, 1.165) is 0 Å². The quantitative estimate of drug-likeness (QED) is 0.326. The van der Waals surface area contributed by atoms with Crippen molar-refractivity contribution in [3.63, 3.8) is 0 Å².